The topological polar surface area (TPSA) is 224 Å². The van der Waals surface area contributed by atoms with Crippen molar-refractivity contribution in [3.63, 3.8) is 0 Å². The maximum absolute atomic E-state index is 13.6. The average molecular weight is 708 g/mol. The molecule has 0 bridgehead atoms. The van der Waals surface area contributed by atoms with E-state index in [4.69, 9.17) is 19.3 Å². The van der Waals surface area contributed by atoms with Gasteiger partial charge in [0.25, 0.3) is 0 Å². The molecule has 51 heavy (non-hydrogen) atoms. The molecular weight excluding hydrogens is 666 g/mol. The van der Waals surface area contributed by atoms with Gasteiger partial charge in [-0.15, -0.1) is 0 Å². The molecule has 0 unspecified atom stereocenters. The highest BCUT2D eigenvalue weighted by Gasteiger charge is 2.32. The van der Waals surface area contributed by atoms with Crippen molar-refractivity contribution in [2.45, 2.75) is 62.6 Å². The molecule has 2 aromatic carbocycles. The number of hydrogen-bond donors (Lipinski definition) is 5. The van der Waals surface area contributed by atoms with E-state index in [-0.39, 0.29) is 45.0 Å². The molecule has 2 aromatic rings. The predicted octanol–water partition coefficient (Wildman–Crippen LogP) is 2.83. The van der Waals surface area contributed by atoms with Gasteiger partial charge in [-0.1, -0.05) is 73.8 Å². The number of alkyl carbamates (subject to hydrolysis) is 1. The van der Waals surface area contributed by atoms with Gasteiger partial charge in [0.2, 0.25) is 11.8 Å². The summed E-state index contributed by atoms with van der Waals surface area (Å²) in [5.41, 5.74) is 3.91. The Hall–Kier alpha value is -5.99. The standard InChI is InChI=1S/C36H41N3O12/c1-3-19-49-31(42)17-14-27(33(44)38-29(35(46)47)13-16-30(40)41)37-34(45)28(15-18-32(43)50-20-4-2)39-36(48)51-21-26-24-11-7-5-9-22(24)23-10-6-8-12-25(23)26/h3-12,26-29H,1-2,13-21H2,(H,37,45)(H,38,44)(H,39,48)(H,40,41)(H,46,47)/t27-,28-,29-/m0/s1. The van der Waals surface area contributed by atoms with Crippen LogP contribution in [0.4, 0.5) is 4.79 Å². The van der Waals surface area contributed by atoms with Gasteiger partial charge in [-0.2, -0.15) is 0 Å². The summed E-state index contributed by atoms with van der Waals surface area (Å²) in [6.07, 6.45) is -0.743. The summed E-state index contributed by atoms with van der Waals surface area (Å²) in [6.45, 7) is 6.62. The number of carbonyl (C=O) groups excluding carboxylic acids is 5. The van der Waals surface area contributed by atoms with Crippen LogP contribution in [-0.2, 0) is 43.0 Å². The number of amides is 3. The first-order chi connectivity index (χ1) is 24.4. The predicted molar refractivity (Wildman–Crippen MR) is 181 cm³/mol. The fourth-order valence-corrected chi connectivity index (χ4v) is 5.36. The second kappa shape index (κ2) is 19.9. The lowest BCUT2D eigenvalue weighted by Crippen LogP contribution is -2.56. The van der Waals surface area contributed by atoms with Gasteiger partial charge in [0.15, 0.2) is 0 Å². The minimum absolute atomic E-state index is 0.0830. The van der Waals surface area contributed by atoms with Crippen molar-refractivity contribution in [3.8, 4) is 11.1 Å². The Balaban J connectivity index is 1.77. The van der Waals surface area contributed by atoms with Crippen LogP contribution < -0.4 is 16.0 Å². The molecule has 0 radical (unpaired) electrons. The first-order valence-electron chi connectivity index (χ1n) is 16.1. The Labute approximate surface area is 294 Å². The molecule has 0 aliphatic heterocycles. The third-order valence-corrected chi connectivity index (χ3v) is 7.85. The summed E-state index contributed by atoms with van der Waals surface area (Å²) >= 11 is 0. The maximum Gasteiger partial charge on any atom is 0.407 e. The minimum atomic E-state index is -1.63. The van der Waals surface area contributed by atoms with Gasteiger partial charge < -0.3 is 40.4 Å². The van der Waals surface area contributed by atoms with E-state index in [1.165, 1.54) is 12.2 Å². The fourth-order valence-electron chi connectivity index (χ4n) is 5.36. The number of aliphatic carboxylic acids is 2. The highest BCUT2D eigenvalue weighted by molar-refractivity contribution is 5.93. The zero-order valence-corrected chi connectivity index (χ0v) is 27.8. The molecule has 0 fully saturated rings. The average Bonchev–Trinajstić information content (AvgIpc) is 3.43. The van der Waals surface area contributed by atoms with Gasteiger partial charge in [0.05, 0.1) is 0 Å². The Bertz CT molecular complexity index is 1580. The van der Waals surface area contributed by atoms with E-state index in [0.717, 1.165) is 22.3 Å². The van der Waals surface area contributed by atoms with Crippen LogP contribution in [0.1, 0.15) is 55.6 Å². The van der Waals surface area contributed by atoms with Crippen LogP contribution in [-0.4, -0.2) is 89.9 Å². The molecule has 0 saturated heterocycles. The number of fused-ring (bicyclic) bond motifs is 3. The smallest absolute Gasteiger partial charge is 0.407 e. The number of carboxylic acids is 2. The minimum Gasteiger partial charge on any atom is -0.481 e. The Kier molecular flexibility index (Phi) is 15.4. The van der Waals surface area contributed by atoms with Crippen molar-refractivity contribution in [1.82, 2.24) is 16.0 Å². The van der Waals surface area contributed by atoms with Gasteiger partial charge >= 0.3 is 30.0 Å². The maximum atomic E-state index is 13.6. The number of rotatable bonds is 21. The molecule has 3 rings (SSSR count). The van der Waals surface area contributed by atoms with Gasteiger partial charge in [-0.25, -0.2) is 9.59 Å². The lowest BCUT2D eigenvalue weighted by atomic mass is 9.98. The molecule has 0 saturated carbocycles. The van der Waals surface area contributed by atoms with Crippen molar-refractivity contribution < 1.29 is 58.0 Å². The van der Waals surface area contributed by atoms with Gasteiger partial charge in [-0.05, 0) is 41.5 Å². The summed E-state index contributed by atoms with van der Waals surface area (Å²) in [5, 5.41) is 25.5. The zero-order chi connectivity index (χ0) is 37.3. The van der Waals surface area contributed by atoms with E-state index in [1.54, 1.807) is 0 Å². The van der Waals surface area contributed by atoms with Gasteiger partial charge in [0, 0.05) is 25.2 Å². The molecule has 1 aliphatic rings. The number of carboxylic acid groups (broad SMARTS) is 2. The lowest BCUT2D eigenvalue weighted by Gasteiger charge is -2.24. The quantitative estimate of drug-likeness (QED) is 0.0718. The van der Waals surface area contributed by atoms with Crippen LogP contribution in [0.25, 0.3) is 11.1 Å². The summed E-state index contributed by atoms with van der Waals surface area (Å²) in [6, 6.07) is 10.7. The van der Waals surface area contributed by atoms with Crippen molar-refractivity contribution in [3.05, 3.63) is 85.0 Å². The van der Waals surface area contributed by atoms with Crippen LogP contribution in [0.2, 0.25) is 0 Å². The van der Waals surface area contributed by atoms with Crippen LogP contribution in [0.5, 0.6) is 0 Å². The van der Waals surface area contributed by atoms with Crippen LogP contribution in [0, 0.1) is 0 Å². The summed E-state index contributed by atoms with van der Waals surface area (Å²) in [4.78, 5) is 87.2. The summed E-state index contributed by atoms with van der Waals surface area (Å²) in [5.74, 6) is -6.56. The molecule has 0 heterocycles. The molecule has 1 aliphatic carbocycles. The van der Waals surface area contributed by atoms with Crippen molar-refractivity contribution in [1.29, 1.82) is 0 Å². The second-order valence-electron chi connectivity index (χ2n) is 11.4. The van der Waals surface area contributed by atoms with E-state index in [0.29, 0.717) is 0 Å². The monoisotopic (exact) mass is 707 g/mol. The Morgan fingerprint density at radius 3 is 1.57 bits per heavy atom. The number of ether oxygens (including phenoxy) is 3. The molecule has 0 aromatic heterocycles. The molecule has 272 valence electrons. The second-order valence-corrected chi connectivity index (χ2v) is 11.4. The van der Waals surface area contributed by atoms with Crippen molar-refractivity contribution >= 4 is 41.8 Å². The van der Waals surface area contributed by atoms with Gasteiger partial charge in [-0.3, -0.25) is 24.0 Å². The summed E-state index contributed by atoms with van der Waals surface area (Å²) in [7, 11) is 0. The molecule has 3 amide bonds. The number of hydrogen-bond acceptors (Lipinski definition) is 10. The highest BCUT2D eigenvalue weighted by atomic mass is 16.6. The number of esters is 2. The zero-order valence-electron chi connectivity index (χ0n) is 27.8. The van der Waals surface area contributed by atoms with Crippen LogP contribution >= 0.6 is 0 Å². The molecule has 0 spiro atoms. The molecular formula is C36H41N3O12. The first kappa shape index (κ1) is 39.4. The van der Waals surface area contributed by atoms with E-state index in [2.05, 4.69) is 29.1 Å². The normalized spacial score (nSPS) is 13.2. The third kappa shape index (κ3) is 12.1. The lowest BCUT2D eigenvalue weighted by molar-refractivity contribution is -0.145. The molecule has 3 atom stereocenters. The van der Waals surface area contributed by atoms with E-state index in [1.807, 2.05) is 48.5 Å². The van der Waals surface area contributed by atoms with Crippen molar-refractivity contribution in [2.24, 2.45) is 0 Å². The number of nitrogens with one attached hydrogen (secondary N) is 3. The Morgan fingerprint density at radius 1 is 0.647 bits per heavy atom. The van der Waals surface area contributed by atoms with E-state index in [9.17, 15) is 38.7 Å². The fraction of sp³-hybridized carbons (Fsp3) is 0.361. The van der Waals surface area contributed by atoms with E-state index >= 15 is 0 Å². The molecule has 15 heteroatoms. The highest BCUT2D eigenvalue weighted by Crippen LogP contribution is 2.44. The first-order valence-corrected chi connectivity index (χ1v) is 16.1. The van der Waals surface area contributed by atoms with Crippen LogP contribution in [0.15, 0.2) is 73.8 Å². The molecule has 15 nitrogen and oxygen atoms in total. The number of benzene rings is 2. The summed E-state index contributed by atoms with van der Waals surface area (Å²) < 4.78 is 15.5. The third-order valence-electron chi connectivity index (χ3n) is 7.85. The van der Waals surface area contributed by atoms with E-state index < -0.39 is 79.2 Å². The van der Waals surface area contributed by atoms with Crippen LogP contribution in [0.3, 0.4) is 0 Å². The van der Waals surface area contributed by atoms with Gasteiger partial charge in [0.1, 0.15) is 37.9 Å². The molecule has 5 N–H and O–H groups in total. The number of carbonyl (C=O) groups is 7. The van der Waals surface area contributed by atoms with Crippen molar-refractivity contribution in [2.75, 3.05) is 19.8 Å². The largest absolute Gasteiger partial charge is 0.481 e. The Morgan fingerprint density at radius 2 is 1.10 bits per heavy atom. The SMILES string of the molecule is C=CCOC(=O)CC[C@H](NC(=O)OCC1c2ccccc2-c2ccccc21)C(=O)N[C@@H](CCC(=O)OCC=C)C(=O)N[C@@H](CCC(=O)O)C(=O)O.